The summed E-state index contributed by atoms with van der Waals surface area (Å²) in [5.41, 5.74) is 1.89. The predicted octanol–water partition coefficient (Wildman–Crippen LogP) is 1.18. The molecule has 1 saturated heterocycles. The number of rotatable bonds is 4. The van der Waals surface area contributed by atoms with Gasteiger partial charge in [-0.1, -0.05) is 31.2 Å². The van der Waals surface area contributed by atoms with Crippen molar-refractivity contribution in [2.75, 3.05) is 6.54 Å². The second-order valence-corrected chi connectivity index (χ2v) is 5.25. The van der Waals surface area contributed by atoms with E-state index in [2.05, 4.69) is 17.6 Å². The Morgan fingerprint density at radius 1 is 1.47 bits per heavy atom. The zero-order valence-electron chi connectivity index (χ0n) is 11.4. The molecule has 0 spiro atoms. The molecule has 19 heavy (non-hydrogen) atoms. The fourth-order valence-electron chi connectivity index (χ4n) is 2.54. The third kappa shape index (κ3) is 3.78. The molecule has 104 valence electrons. The molecule has 4 nitrogen and oxygen atoms in total. The van der Waals surface area contributed by atoms with Crippen LogP contribution in [0.2, 0.25) is 0 Å². The Bertz CT molecular complexity index is 434. The summed E-state index contributed by atoms with van der Waals surface area (Å²) < 4.78 is 0. The maximum Gasteiger partial charge on any atom is 0.237 e. The lowest BCUT2D eigenvalue weighted by molar-refractivity contribution is -0.125. The Labute approximate surface area is 114 Å². The van der Waals surface area contributed by atoms with Crippen LogP contribution >= 0.6 is 0 Å². The quantitative estimate of drug-likeness (QED) is 0.763. The molecule has 2 rings (SSSR count). The van der Waals surface area contributed by atoms with Crippen LogP contribution in [-0.2, 0) is 17.9 Å². The van der Waals surface area contributed by atoms with E-state index in [1.165, 1.54) is 0 Å². The zero-order chi connectivity index (χ0) is 13.7. The van der Waals surface area contributed by atoms with Crippen molar-refractivity contribution >= 4 is 5.91 Å². The van der Waals surface area contributed by atoms with Crippen LogP contribution in [0.5, 0.6) is 0 Å². The lowest BCUT2D eigenvalue weighted by Gasteiger charge is -2.28. The molecule has 3 N–H and O–H groups in total. The predicted molar refractivity (Wildman–Crippen MR) is 74.4 cm³/mol. The van der Waals surface area contributed by atoms with Crippen LogP contribution in [0.3, 0.4) is 0 Å². The van der Waals surface area contributed by atoms with Crippen molar-refractivity contribution in [3.8, 4) is 0 Å². The van der Waals surface area contributed by atoms with E-state index in [1.807, 2.05) is 24.3 Å². The molecule has 2 atom stereocenters. The Hall–Kier alpha value is -1.39. The molecule has 1 aliphatic rings. The monoisotopic (exact) mass is 262 g/mol. The molecular weight excluding hydrogens is 240 g/mol. The van der Waals surface area contributed by atoms with E-state index in [0.717, 1.165) is 30.5 Å². The first kappa shape index (κ1) is 14.0. The number of piperidine rings is 1. The summed E-state index contributed by atoms with van der Waals surface area (Å²) >= 11 is 0. The highest BCUT2D eigenvalue weighted by atomic mass is 16.3. The molecule has 2 unspecified atom stereocenters. The molecule has 1 aliphatic heterocycles. The van der Waals surface area contributed by atoms with E-state index >= 15 is 0 Å². The van der Waals surface area contributed by atoms with E-state index in [4.69, 9.17) is 5.11 Å². The molecule has 1 heterocycles. The van der Waals surface area contributed by atoms with Gasteiger partial charge < -0.3 is 15.7 Å². The normalized spacial score (nSPS) is 23.1. The van der Waals surface area contributed by atoms with Gasteiger partial charge in [0.15, 0.2) is 0 Å². The third-order valence-electron chi connectivity index (χ3n) is 3.69. The highest BCUT2D eigenvalue weighted by Gasteiger charge is 2.26. The number of benzene rings is 1. The maximum absolute atomic E-state index is 12.1. The van der Waals surface area contributed by atoms with Crippen molar-refractivity contribution in [1.29, 1.82) is 0 Å². The summed E-state index contributed by atoms with van der Waals surface area (Å²) in [5.74, 6) is 0.458. The molecule has 0 aromatic heterocycles. The summed E-state index contributed by atoms with van der Waals surface area (Å²) in [5, 5.41) is 15.3. The van der Waals surface area contributed by atoms with Crippen molar-refractivity contribution in [3.63, 3.8) is 0 Å². The first-order valence-electron chi connectivity index (χ1n) is 6.90. The molecule has 0 saturated carbocycles. The molecular formula is C15H22N2O2. The minimum atomic E-state index is -0.0743. The van der Waals surface area contributed by atoms with Gasteiger partial charge in [-0.3, -0.25) is 4.79 Å². The second-order valence-electron chi connectivity index (χ2n) is 5.25. The molecule has 0 aliphatic carbocycles. The topological polar surface area (TPSA) is 61.4 Å². The maximum atomic E-state index is 12.1. The lowest BCUT2D eigenvalue weighted by Crippen LogP contribution is -2.50. The Kier molecular flexibility index (Phi) is 4.93. The van der Waals surface area contributed by atoms with Gasteiger partial charge in [-0.2, -0.15) is 0 Å². The van der Waals surface area contributed by atoms with Crippen LogP contribution < -0.4 is 10.6 Å². The minimum Gasteiger partial charge on any atom is -0.392 e. The summed E-state index contributed by atoms with van der Waals surface area (Å²) in [6, 6.07) is 7.56. The first-order valence-corrected chi connectivity index (χ1v) is 6.90. The smallest absolute Gasteiger partial charge is 0.237 e. The Balaban J connectivity index is 1.88. The Morgan fingerprint density at radius 3 is 3.00 bits per heavy atom. The summed E-state index contributed by atoms with van der Waals surface area (Å²) in [4.78, 5) is 12.1. The average molecular weight is 262 g/mol. The van der Waals surface area contributed by atoms with Crippen molar-refractivity contribution in [2.24, 2.45) is 5.92 Å². The largest absolute Gasteiger partial charge is 0.392 e. The van der Waals surface area contributed by atoms with Crippen LogP contribution in [-0.4, -0.2) is 23.6 Å². The second kappa shape index (κ2) is 6.68. The molecule has 1 aromatic rings. The van der Waals surface area contributed by atoms with E-state index < -0.39 is 0 Å². The van der Waals surface area contributed by atoms with Crippen LogP contribution in [0.25, 0.3) is 0 Å². The Morgan fingerprint density at radius 2 is 2.26 bits per heavy atom. The van der Waals surface area contributed by atoms with Gasteiger partial charge in [0, 0.05) is 6.54 Å². The first-order chi connectivity index (χ1) is 9.20. The molecule has 1 amide bonds. The fraction of sp³-hybridized carbons (Fsp3) is 0.533. The van der Waals surface area contributed by atoms with Crippen LogP contribution in [0.15, 0.2) is 24.3 Å². The number of aliphatic hydroxyl groups is 1. The summed E-state index contributed by atoms with van der Waals surface area (Å²) in [7, 11) is 0. The number of carbonyl (C=O) groups excluding carboxylic acids is 1. The van der Waals surface area contributed by atoms with E-state index in [-0.39, 0.29) is 18.6 Å². The van der Waals surface area contributed by atoms with Gasteiger partial charge in [-0.25, -0.2) is 0 Å². The molecule has 0 radical (unpaired) electrons. The average Bonchev–Trinajstić information content (AvgIpc) is 2.45. The van der Waals surface area contributed by atoms with Crippen LogP contribution in [0.1, 0.15) is 30.9 Å². The van der Waals surface area contributed by atoms with Crippen molar-refractivity contribution in [3.05, 3.63) is 35.4 Å². The van der Waals surface area contributed by atoms with Gasteiger partial charge in [0.05, 0.1) is 12.6 Å². The lowest BCUT2D eigenvalue weighted by atomic mass is 9.92. The van der Waals surface area contributed by atoms with Crippen molar-refractivity contribution in [2.45, 2.75) is 39.0 Å². The van der Waals surface area contributed by atoms with Crippen LogP contribution in [0, 0.1) is 5.92 Å². The standard InChI is InChI=1S/C15H22N2O2/c1-11-4-3-7-16-14(11)15(19)17-9-12-5-2-6-13(8-12)10-18/h2,5-6,8,11,14,16,18H,3-4,7,9-10H2,1H3,(H,17,19). The van der Waals surface area contributed by atoms with Crippen molar-refractivity contribution in [1.82, 2.24) is 10.6 Å². The SMILES string of the molecule is CC1CCCNC1C(=O)NCc1cccc(CO)c1. The van der Waals surface area contributed by atoms with Gasteiger partial charge in [0.1, 0.15) is 0 Å². The highest BCUT2D eigenvalue weighted by molar-refractivity contribution is 5.82. The number of hydrogen-bond acceptors (Lipinski definition) is 3. The number of hydrogen-bond donors (Lipinski definition) is 3. The van der Waals surface area contributed by atoms with Gasteiger partial charge in [0.2, 0.25) is 5.91 Å². The zero-order valence-corrected chi connectivity index (χ0v) is 11.4. The summed E-state index contributed by atoms with van der Waals surface area (Å²) in [6.07, 6.45) is 2.24. The van der Waals surface area contributed by atoms with Gasteiger partial charge >= 0.3 is 0 Å². The van der Waals surface area contributed by atoms with Gasteiger partial charge in [0.25, 0.3) is 0 Å². The van der Waals surface area contributed by atoms with Gasteiger partial charge in [-0.05, 0) is 36.4 Å². The van der Waals surface area contributed by atoms with Crippen LogP contribution in [0.4, 0.5) is 0 Å². The number of nitrogens with one attached hydrogen (secondary N) is 2. The fourth-order valence-corrected chi connectivity index (χ4v) is 2.54. The number of aliphatic hydroxyl groups excluding tert-OH is 1. The number of amides is 1. The van der Waals surface area contributed by atoms with E-state index in [0.29, 0.717) is 12.5 Å². The molecule has 0 bridgehead atoms. The van der Waals surface area contributed by atoms with E-state index in [9.17, 15) is 4.79 Å². The summed E-state index contributed by atoms with van der Waals surface area (Å²) in [6.45, 7) is 3.58. The minimum absolute atomic E-state index is 0.0308. The number of carbonyl (C=O) groups is 1. The van der Waals surface area contributed by atoms with E-state index in [1.54, 1.807) is 0 Å². The van der Waals surface area contributed by atoms with Gasteiger partial charge in [-0.15, -0.1) is 0 Å². The molecule has 4 heteroatoms. The van der Waals surface area contributed by atoms with Crippen molar-refractivity contribution < 1.29 is 9.90 Å². The third-order valence-corrected chi connectivity index (χ3v) is 3.69. The highest BCUT2D eigenvalue weighted by Crippen LogP contribution is 2.15. The molecule has 1 aromatic carbocycles. The molecule has 1 fully saturated rings.